The van der Waals surface area contributed by atoms with Gasteiger partial charge >= 0.3 is 6.18 Å². The molecule has 0 unspecified atom stereocenters. The van der Waals surface area contributed by atoms with Gasteiger partial charge in [-0.1, -0.05) is 30.3 Å². The molecular weight excluding hydrogens is 324 g/mol. The van der Waals surface area contributed by atoms with Crippen molar-refractivity contribution < 1.29 is 17.6 Å². The first-order valence-corrected chi connectivity index (χ1v) is 6.79. The molecular formula is C16H10F4N4. The number of hydrogen-bond acceptors (Lipinski definition) is 4. The number of nitrogens with two attached hydrogens (primary N) is 1. The van der Waals surface area contributed by atoms with E-state index in [1.807, 2.05) is 0 Å². The third-order valence-corrected chi connectivity index (χ3v) is 3.30. The quantitative estimate of drug-likeness (QED) is 0.721. The highest BCUT2D eigenvalue weighted by Gasteiger charge is 2.34. The first kappa shape index (κ1) is 15.9. The van der Waals surface area contributed by atoms with Crippen molar-refractivity contribution in [2.45, 2.75) is 6.18 Å². The van der Waals surface area contributed by atoms with Gasteiger partial charge in [0, 0.05) is 11.1 Å². The zero-order chi connectivity index (χ0) is 17.3. The lowest BCUT2D eigenvalue weighted by atomic mass is 10.0. The van der Waals surface area contributed by atoms with Gasteiger partial charge in [0.15, 0.2) is 0 Å². The van der Waals surface area contributed by atoms with Gasteiger partial charge in [0.1, 0.15) is 17.2 Å². The van der Waals surface area contributed by atoms with Crippen molar-refractivity contribution >= 4 is 5.95 Å². The van der Waals surface area contributed by atoms with Crippen molar-refractivity contribution in [2.24, 2.45) is 0 Å². The second-order valence-electron chi connectivity index (χ2n) is 4.93. The SMILES string of the molecule is Nc1nnc(-c2ccc(F)c(C(F)(F)F)c2)c(-c2ccccc2)n1. The first-order chi connectivity index (χ1) is 11.4. The van der Waals surface area contributed by atoms with Crippen LogP contribution in [0, 0.1) is 5.82 Å². The highest BCUT2D eigenvalue weighted by Crippen LogP contribution is 2.35. The summed E-state index contributed by atoms with van der Waals surface area (Å²) in [7, 11) is 0. The van der Waals surface area contributed by atoms with Crippen molar-refractivity contribution in [3.8, 4) is 22.5 Å². The summed E-state index contributed by atoms with van der Waals surface area (Å²) in [6.07, 6.45) is -4.82. The molecule has 2 N–H and O–H groups in total. The molecule has 24 heavy (non-hydrogen) atoms. The number of benzene rings is 2. The summed E-state index contributed by atoms with van der Waals surface area (Å²) >= 11 is 0. The Balaban J connectivity index is 2.21. The van der Waals surface area contributed by atoms with Crippen molar-refractivity contribution in [1.29, 1.82) is 0 Å². The molecule has 0 bridgehead atoms. The molecule has 0 aliphatic carbocycles. The van der Waals surface area contributed by atoms with E-state index in [9.17, 15) is 17.6 Å². The zero-order valence-corrected chi connectivity index (χ0v) is 12.0. The lowest BCUT2D eigenvalue weighted by Gasteiger charge is -2.12. The van der Waals surface area contributed by atoms with E-state index in [4.69, 9.17) is 5.73 Å². The Morgan fingerprint density at radius 3 is 2.21 bits per heavy atom. The van der Waals surface area contributed by atoms with E-state index in [1.54, 1.807) is 30.3 Å². The molecule has 0 saturated carbocycles. The fourth-order valence-electron chi connectivity index (χ4n) is 2.22. The molecule has 8 heteroatoms. The molecule has 122 valence electrons. The Bertz CT molecular complexity index is 879. The maximum absolute atomic E-state index is 13.5. The van der Waals surface area contributed by atoms with E-state index in [-0.39, 0.29) is 22.9 Å². The Hall–Kier alpha value is -3.03. The third kappa shape index (κ3) is 3.03. The Labute approximate surface area is 134 Å². The number of aromatic nitrogens is 3. The van der Waals surface area contributed by atoms with E-state index < -0.39 is 17.6 Å². The summed E-state index contributed by atoms with van der Waals surface area (Å²) in [6, 6.07) is 11.3. The third-order valence-electron chi connectivity index (χ3n) is 3.30. The van der Waals surface area contributed by atoms with Crippen LogP contribution in [-0.2, 0) is 6.18 Å². The molecule has 0 atom stereocenters. The van der Waals surface area contributed by atoms with Crippen LogP contribution in [0.3, 0.4) is 0 Å². The standard InChI is InChI=1S/C16H10F4N4/c17-12-7-6-10(8-11(12)16(18,19)20)14-13(22-15(21)24-23-14)9-4-2-1-3-5-9/h1-8H,(H2,21,22,24). The van der Waals surface area contributed by atoms with Gasteiger partial charge in [-0.05, 0) is 18.2 Å². The van der Waals surface area contributed by atoms with Gasteiger partial charge in [-0.2, -0.15) is 13.2 Å². The molecule has 1 aromatic heterocycles. The molecule has 0 saturated heterocycles. The maximum atomic E-state index is 13.5. The molecule has 0 aliphatic heterocycles. The molecule has 3 aromatic rings. The molecule has 4 nitrogen and oxygen atoms in total. The number of rotatable bonds is 2. The van der Waals surface area contributed by atoms with Gasteiger partial charge in [-0.15, -0.1) is 10.2 Å². The maximum Gasteiger partial charge on any atom is 0.419 e. The lowest BCUT2D eigenvalue weighted by Crippen LogP contribution is -2.09. The van der Waals surface area contributed by atoms with E-state index in [0.29, 0.717) is 11.6 Å². The number of halogens is 4. The zero-order valence-electron chi connectivity index (χ0n) is 12.0. The number of nitrogens with zero attached hydrogens (tertiary/aromatic N) is 3. The topological polar surface area (TPSA) is 64.7 Å². The summed E-state index contributed by atoms with van der Waals surface area (Å²) < 4.78 is 52.2. The number of anilines is 1. The summed E-state index contributed by atoms with van der Waals surface area (Å²) in [4.78, 5) is 4.06. The second-order valence-corrected chi connectivity index (χ2v) is 4.93. The van der Waals surface area contributed by atoms with Crippen molar-refractivity contribution in [2.75, 3.05) is 5.73 Å². The molecule has 2 aromatic carbocycles. The summed E-state index contributed by atoms with van der Waals surface area (Å²) in [5.74, 6) is -1.47. The predicted molar refractivity (Wildman–Crippen MR) is 80.1 cm³/mol. The average Bonchev–Trinajstić information content (AvgIpc) is 2.55. The van der Waals surface area contributed by atoms with Crippen LogP contribution < -0.4 is 5.73 Å². The monoisotopic (exact) mass is 334 g/mol. The second kappa shape index (κ2) is 5.88. The van der Waals surface area contributed by atoms with Crippen LogP contribution >= 0.6 is 0 Å². The highest BCUT2D eigenvalue weighted by atomic mass is 19.4. The van der Waals surface area contributed by atoms with Gasteiger partial charge in [-0.25, -0.2) is 9.37 Å². The van der Waals surface area contributed by atoms with Crippen molar-refractivity contribution in [3.05, 3.63) is 59.9 Å². The van der Waals surface area contributed by atoms with Crippen LogP contribution in [0.1, 0.15) is 5.56 Å². The molecule has 0 fully saturated rings. The Morgan fingerprint density at radius 2 is 1.54 bits per heavy atom. The minimum absolute atomic E-state index is 0.0441. The average molecular weight is 334 g/mol. The molecule has 0 amide bonds. The van der Waals surface area contributed by atoms with Crippen molar-refractivity contribution in [3.63, 3.8) is 0 Å². The molecule has 0 spiro atoms. The van der Waals surface area contributed by atoms with Gasteiger partial charge in [0.25, 0.3) is 0 Å². The van der Waals surface area contributed by atoms with Crippen molar-refractivity contribution in [1.82, 2.24) is 15.2 Å². The molecule has 0 aliphatic rings. The van der Waals surface area contributed by atoms with Crippen LogP contribution in [0.4, 0.5) is 23.5 Å². The van der Waals surface area contributed by atoms with E-state index in [2.05, 4.69) is 15.2 Å². The van der Waals surface area contributed by atoms with Crippen LogP contribution in [0.2, 0.25) is 0 Å². The Kier molecular flexibility index (Phi) is 3.88. The Morgan fingerprint density at radius 1 is 0.833 bits per heavy atom. The van der Waals surface area contributed by atoms with Crippen LogP contribution in [0.15, 0.2) is 48.5 Å². The van der Waals surface area contributed by atoms with Crippen LogP contribution in [0.5, 0.6) is 0 Å². The molecule has 1 heterocycles. The number of alkyl halides is 3. The molecule has 3 rings (SSSR count). The van der Waals surface area contributed by atoms with Gasteiger partial charge in [-0.3, -0.25) is 0 Å². The largest absolute Gasteiger partial charge is 0.419 e. The summed E-state index contributed by atoms with van der Waals surface area (Å²) in [5.41, 5.74) is 5.16. The molecule has 0 radical (unpaired) electrons. The minimum atomic E-state index is -4.82. The summed E-state index contributed by atoms with van der Waals surface area (Å²) in [5, 5.41) is 7.45. The van der Waals surface area contributed by atoms with Crippen LogP contribution in [0.25, 0.3) is 22.5 Å². The fourth-order valence-corrected chi connectivity index (χ4v) is 2.22. The van der Waals surface area contributed by atoms with Crippen LogP contribution in [-0.4, -0.2) is 15.2 Å². The minimum Gasteiger partial charge on any atom is -0.366 e. The smallest absolute Gasteiger partial charge is 0.366 e. The lowest BCUT2D eigenvalue weighted by molar-refractivity contribution is -0.139. The van der Waals surface area contributed by atoms with E-state index in [0.717, 1.165) is 6.07 Å². The number of hydrogen-bond donors (Lipinski definition) is 1. The summed E-state index contributed by atoms with van der Waals surface area (Å²) in [6.45, 7) is 0. The predicted octanol–water partition coefficient (Wildman–Crippen LogP) is 3.95. The number of nitrogen functional groups attached to an aromatic ring is 1. The van der Waals surface area contributed by atoms with Gasteiger partial charge < -0.3 is 5.73 Å². The van der Waals surface area contributed by atoms with Gasteiger partial charge in [0.05, 0.1) is 5.56 Å². The van der Waals surface area contributed by atoms with E-state index in [1.165, 1.54) is 6.07 Å². The first-order valence-electron chi connectivity index (χ1n) is 6.79. The van der Waals surface area contributed by atoms with E-state index >= 15 is 0 Å². The van der Waals surface area contributed by atoms with Gasteiger partial charge in [0.2, 0.25) is 5.95 Å². The fraction of sp³-hybridized carbons (Fsp3) is 0.0625. The normalized spacial score (nSPS) is 11.5. The highest BCUT2D eigenvalue weighted by molar-refractivity contribution is 5.78.